The molecule has 0 aliphatic heterocycles. The number of ketones is 1. The lowest BCUT2D eigenvalue weighted by Gasteiger charge is -2.07. The van der Waals surface area contributed by atoms with Crippen LogP contribution in [0.1, 0.15) is 16.8 Å². The zero-order valence-electron chi connectivity index (χ0n) is 15.2. The molecule has 0 unspecified atom stereocenters. The third-order valence-electron chi connectivity index (χ3n) is 4.34. The lowest BCUT2D eigenvalue weighted by atomic mass is 9.96. The Morgan fingerprint density at radius 1 is 1.25 bits per heavy atom. The predicted octanol–water partition coefficient (Wildman–Crippen LogP) is 4.97. The van der Waals surface area contributed by atoms with Gasteiger partial charge in [0.05, 0.1) is 0 Å². The van der Waals surface area contributed by atoms with E-state index in [-0.39, 0.29) is 5.78 Å². The summed E-state index contributed by atoms with van der Waals surface area (Å²) in [4.78, 5) is 20.4. The van der Waals surface area contributed by atoms with Crippen LogP contribution in [0.15, 0.2) is 83.1 Å². The first kappa shape index (κ1) is 19.4. The van der Waals surface area contributed by atoms with E-state index in [1.165, 1.54) is 0 Å². The van der Waals surface area contributed by atoms with Gasteiger partial charge in [0.25, 0.3) is 0 Å². The molecule has 0 radical (unpaired) electrons. The van der Waals surface area contributed by atoms with E-state index in [0.717, 1.165) is 22.1 Å². The van der Waals surface area contributed by atoms with Crippen molar-refractivity contribution in [2.45, 2.75) is 6.42 Å². The molecule has 1 aliphatic carbocycles. The highest BCUT2D eigenvalue weighted by Crippen LogP contribution is 2.28. The van der Waals surface area contributed by atoms with Crippen LogP contribution in [0.25, 0.3) is 22.2 Å². The molecule has 6 heteroatoms. The van der Waals surface area contributed by atoms with Gasteiger partial charge in [0.1, 0.15) is 5.65 Å². The standard InChI is InChI=1S/C21H17N3O.CH3NS/c1-13-5-7-14(8-6-13)20(25)19-12-24-21-18(19)10-16(11-23-21)15-3-2-4-17(22)9-15;1-2-3/h2-5,7-12H,1,6,22H2,(H,23,24);3H,1H2. The summed E-state index contributed by atoms with van der Waals surface area (Å²) in [5, 5.41) is 0.809. The molecule has 140 valence electrons. The van der Waals surface area contributed by atoms with Crippen molar-refractivity contribution in [1.82, 2.24) is 9.97 Å². The average molecular weight is 388 g/mol. The normalized spacial score (nSPS) is 12.9. The van der Waals surface area contributed by atoms with Gasteiger partial charge in [-0.05, 0) is 49.7 Å². The largest absolute Gasteiger partial charge is 0.399 e. The maximum atomic E-state index is 12.9. The van der Waals surface area contributed by atoms with E-state index < -0.39 is 0 Å². The molecule has 2 heterocycles. The molecule has 0 bridgehead atoms. The highest BCUT2D eigenvalue weighted by molar-refractivity contribution is 7.78. The minimum atomic E-state index is -0.0125. The van der Waals surface area contributed by atoms with Crippen LogP contribution in [0.5, 0.6) is 0 Å². The number of nitrogens with one attached hydrogen (secondary N) is 1. The van der Waals surface area contributed by atoms with Gasteiger partial charge in [-0.2, -0.15) is 0 Å². The number of aromatic nitrogens is 2. The van der Waals surface area contributed by atoms with Crippen molar-refractivity contribution in [3.63, 3.8) is 0 Å². The van der Waals surface area contributed by atoms with Gasteiger partial charge in [0.15, 0.2) is 5.78 Å². The second kappa shape index (κ2) is 8.54. The molecule has 3 aromatic rings. The number of carbonyl (C=O) groups is 1. The highest BCUT2D eigenvalue weighted by Gasteiger charge is 2.17. The Balaban J connectivity index is 0.000000706. The number of carbonyl (C=O) groups excluding carboxylic acids is 1. The van der Waals surface area contributed by atoms with Gasteiger partial charge in [-0.15, -0.1) is 0 Å². The Labute approximate surface area is 169 Å². The van der Waals surface area contributed by atoms with Crippen LogP contribution in [0.3, 0.4) is 0 Å². The lowest BCUT2D eigenvalue weighted by molar-refractivity contribution is 0.103. The number of thiol groups is 1. The van der Waals surface area contributed by atoms with Crippen LogP contribution >= 0.6 is 12.8 Å². The Bertz CT molecular complexity index is 1120. The first-order chi connectivity index (χ1) is 13.5. The maximum absolute atomic E-state index is 12.9. The van der Waals surface area contributed by atoms with E-state index in [0.29, 0.717) is 28.9 Å². The number of fused-ring (bicyclic) bond motifs is 1. The van der Waals surface area contributed by atoms with E-state index in [1.54, 1.807) is 12.4 Å². The second-order valence-electron chi connectivity index (χ2n) is 6.27. The summed E-state index contributed by atoms with van der Waals surface area (Å²) in [5.41, 5.74) is 11.5. The third kappa shape index (κ3) is 4.13. The molecule has 1 aromatic carbocycles. The second-order valence-corrected chi connectivity index (χ2v) is 6.56. The van der Waals surface area contributed by atoms with Gasteiger partial charge in [0.2, 0.25) is 0 Å². The number of aromatic amines is 1. The summed E-state index contributed by atoms with van der Waals surface area (Å²) >= 11 is 3.30. The monoisotopic (exact) mass is 388 g/mol. The van der Waals surface area contributed by atoms with Crippen molar-refractivity contribution >= 4 is 42.0 Å². The molecule has 0 atom stereocenters. The number of anilines is 1. The fourth-order valence-electron chi connectivity index (χ4n) is 2.98. The zero-order valence-corrected chi connectivity index (χ0v) is 16.1. The van der Waals surface area contributed by atoms with Gasteiger partial charge in [-0.3, -0.25) is 4.79 Å². The summed E-state index contributed by atoms with van der Waals surface area (Å²) in [5.74, 6) is -0.0125. The van der Waals surface area contributed by atoms with E-state index in [4.69, 9.17) is 5.73 Å². The molecule has 0 saturated carbocycles. The van der Waals surface area contributed by atoms with Crippen molar-refractivity contribution < 1.29 is 4.79 Å². The number of nitrogens with two attached hydrogens (primary N) is 1. The Kier molecular flexibility index (Phi) is 5.91. The lowest BCUT2D eigenvalue weighted by Crippen LogP contribution is -2.03. The van der Waals surface area contributed by atoms with Gasteiger partial charge in [0, 0.05) is 40.2 Å². The molecule has 0 saturated heterocycles. The SMILES string of the molecule is C=C1C=CC(C(=O)c2c[nH]c3ncc(-c4cccc(N)c4)cc23)=CC1.C=NS. The van der Waals surface area contributed by atoms with Crippen molar-refractivity contribution in [3.05, 3.63) is 84.2 Å². The van der Waals surface area contributed by atoms with Crippen LogP contribution in [0.4, 0.5) is 5.69 Å². The van der Waals surface area contributed by atoms with E-state index in [9.17, 15) is 4.79 Å². The quantitative estimate of drug-likeness (QED) is 0.256. The van der Waals surface area contributed by atoms with Gasteiger partial charge in [-0.25, -0.2) is 9.38 Å². The van der Waals surface area contributed by atoms with Crippen LogP contribution in [-0.2, 0) is 0 Å². The first-order valence-electron chi connectivity index (χ1n) is 8.57. The Morgan fingerprint density at radius 2 is 2.04 bits per heavy atom. The van der Waals surface area contributed by atoms with E-state index in [1.807, 2.05) is 48.6 Å². The summed E-state index contributed by atoms with van der Waals surface area (Å²) in [6.07, 6.45) is 9.83. The van der Waals surface area contributed by atoms with E-state index >= 15 is 0 Å². The number of pyridine rings is 1. The minimum absolute atomic E-state index is 0.0125. The van der Waals surface area contributed by atoms with Crippen molar-refractivity contribution in [2.75, 3.05) is 5.73 Å². The van der Waals surface area contributed by atoms with Crippen LogP contribution in [-0.4, -0.2) is 22.5 Å². The molecule has 4 rings (SSSR count). The van der Waals surface area contributed by atoms with Crippen LogP contribution in [0, 0.1) is 0 Å². The number of hydrogen-bond acceptors (Lipinski definition) is 5. The molecule has 0 amide bonds. The van der Waals surface area contributed by atoms with Crippen molar-refractivity contribution in [3.8, 4) is 11.1 Å². The smallest absolute Gasteiger partial charge is 0.194 e. The number of rotatable bonds is 3. The Morgan fingerprint density at radius 3 is 2.71 bits per heavy atom. The van der Waals surface area contributed by atoms with Crippen molar-refractivity contribution in [1.29, 1.82) is 0 Å². The summed E-state index contributed by atoms with van der Waals surface area (Å²) in [6, 6.07) is 9.60. The first-order valence-corrected chi connectivity index (χ1v) is 8.97. The summed E-state index contributed by atoms with van der Waals surface area (Å²) in [6.45, 7) is 6.88. The minimum Gasteiger partial charge on any atom is -0.399 e. The van der Waals surface area contributed by atoms with Crippen LogP contribution in [0.2, 0.25) is 0 Å². The molecule has 3 N–H and O–H groups in total. The Hall–Kier alpha value is -3.38. The van der Waals surface area contributed by atoms with Crippen LogP contribution < -0.4 is 5.73 Å². The van der Waals surface area contributed by atoms with Gasteiger partial charge in [-0.1, -0.05) is 42.5 Å². The maximum Gasteiger partial charge on any atom is 0.194 e. The van der Waals surface area contributed by atoms with Crippen molar-refractivity contribution in [2.24, 2.45) is 4.40 Å². The predicted molar refractivity (Wildman–Crippen MR) is 120 cm³/mol. The summed E-state index contributed by atoms with van der Waals surface area (Å²) in [7, 11) is 0. The number of nitrogen functional groups attached to an aromatic ring is 1. The average Bonchev–Trinajstić information content (AvgIpc) is 3.12. The number of benzene rings is 1. The molecule has 2 aromatic heterocycles. The zero-order chi connectivity index (χ0) is 20.1. The topological polar surface area (TPSA) is 84.1 Å². The third-order valence-corrected chi connectivity index (χ3v) is 4.34. The number of H-pyrrole nitrogens is 1. The molecule has 0 spiro atoms. The fraction of sp³-hybridized carbons (Fsp3) is 0.0455. The molecular formula is C22H20N4OS. The molecule has 5 nitrogen and oxygen atoms in total. The van der Waals surface area contributed by atoms with Gasteiger partial charge >= 0.3 is 0 Å². The highest BCUT2D eigenvalue weighted by atomic mass is 32.1. The molecular weight excluding hydrogens is 368 g/mol. The van der Waals surface area contributed by atoms with E-state index in [2.05, 4.69) is 40.5 Å². The van der Waals surface area contributed by atoms with Gasteiger partial charge < -0.3 is 10.7 Å². The molecule has 1 aliphatic rings. The molecule has 28 heavy (non-hydrogen) atoms. The molecule has 0 fully saturated rings. The fourth-order valence-corrected chi connectivity index (χ4v) is 2.98. The number of hydrogen-bond donors (Lipinski definition) is 3. The number of allylic oxidation sites excluding steroid dienone is 5. The number of nitrogens with zero attached hydrogens (tertiary/aromatic N) is 2. The summed E-state index contributed by atoms with van der Waals surface area (Å²) < 4.78 is 2.94. The number of Topliss-reactive ketones (excluding diaryl/α,β-unsaturated/α-hetero) is 1.